The first kappa shape index (κ1) is 16.7. The molecule has 1 aromatic heterocycles. The fraction of sp³-hybridized carbons (Fsp3) is 0.231. The summed E-state index contributed by atoms with van der Waals surface area (Å²) in [6.45, 7) is 1.47. The number of nitrogens with one attached hydrogen (secondary N) is 1. The van der Waals surface area contributed by atoms with E-state index in [2.05, 4.69) is 4.72 Å². The molecule has 0 saturated carbocycles. The molecule has 0 saturated heterocycles. The van der Waals surface area contributed by atoms with E-state index in [1.54, 1.807) is 25.1 Å². The average Bonchev–Trinajstić information content (AvgIpc) is 2.85. The second kappa shape index (κ2) is 6.64. The number of halogens is 2. The Morgan fingerprint density at radius 3 is 2.57 bits per heavy atom. The van der Waals surface area contributed by atoms with Crippen LogP contribution in [-0.4, -0.2) is 13.5 Å². The summed E-state index contributed by atoms with van der Waals surface area (Å²) in [6.07, 6.45) is 0. The van der Waals surface area contributed by atoms with Crippen LogP contribution in [0.5, 0.6) is 0 Å². The Hall–Kier alpha value is -0.630. The Bertz CT molecular complexity index is 744. The van der Waals surface area contributed by atoms with Crippen molar-refractivity contribution in [1.29, 1.82) is 0 Å². The van der Waals surface area contributed by atoms with Gasteiger partial charge in [-0.25, -0.2) is 13.1 Å². The monoisotopic (exact) mass is 365 g/mol. The molecular formula is C13H13Cl2NO3S2. The number of aliphatic hydroxyl groups excluding tert-OH is 1. The highest BCUT2D eigenvalue weighted by Crippen LogP contribution is 2.29. The Labute approximate surface area is 137 Å². The number of aliphatic hydroxyl groups is 1. The van der Waals surface area contributed by atoms with Gasteiger partial charge in [-0.15, -0.1) is 11.3 Å². The normalized spacial score (nSPS) is 13.3. The van der Waals surface area contributed by atoms with Crippen molar-refractivity contribution in [3.8, 4) is 0 Å². The van der Waals surface area contributed by atoms with Crippen molar-refractivity contribution in [2.45, 2.75) is 24.5 Å². The van der Waals surface area contributed by atoms with Crippen LogP contribution in [0, 0.1) is 0 Å². The van der Waals surface area contributed by atoms with Crippen LogP contribution in [0.25, 0.3) is 0 Å². The highest BCUT2D eigenvalue weighted by atomic mass is 35.5. The largest absolute Gasteiger partial charge is 0.392 e. The van der Waals surface area contributed by atoms with Crippen LogP contribution in [0.2, 0.25) is 9.36 Å². The van der Waals surface area contributed by atoms with Gasteiger partial charge in [0.1, 0.15) is 4.90 Å². The number of hydrogen-bond acceptors (Lipinski definition) is 4. The first-order valence-electron chi connectivity index (χ1n) is 6.00. The predicted molar refractivity (Wildman–Crippen MR) is 85.4 cm³/mol. The lowest BCUT2D eigenvalue weighted by molar-refractivity contribution is 0.281. The van der Waals surface area contributed by atoms with Crippen molar-refractivity contribution in [1.82, 2.24) is 4.72 Å². The summed E-state index contributed by atoms with van der Waals surface area (Å²) in [5.74, 6) is 0. The number of rotatable bonds is 5. The molecule has 1 atom stereocenters. The second-order valence-corrected chi connectivity index (χ2v) is 8.24. The second-order valence-electron chi connectivity index (χ2n) is 4.41. The summed E-state index contributed by atoms with van der Waals surface area (Å²) < 4.78 is 28.0. The van der Waals surface area contributed by atoms with Gasteiger partial charge in [-0.3, -0.25) is 0 Å². The molecule has 0 fully saturated rings. The zero-order valence-corrected chi connectivity index (χ0v) is 14.2. The van der Waals surface area contributed by atoms with E-state index in [-0.39, 0.29) is 16.5 Å². The minimum absolute atomic E-state index is 0.0507. The highest BCUT2D eigenvalue weighted by molar-refractivity contribution is 7.89. The van der Waals surface area contributed by atoms with Crippen molar-refractivity contribution < 1.29 is 13.5 Å². The summed E-state index contributed by atoms with van der Waals surface area (Å²) in [5, 5.41) is 9.22. The third-order valence-corrected chi connectivity index (χ3v) is 6.26. The van der Waals surface area contributed by atoms with Gasteiger partial charge in [-0.1, -0.05) is 29.3 Å². The first-order chi connectivity index (χ1) is 9.83. The van der Waals surface area contributed by atoms with Gasteiger partial charge in [0.05, 0.1) is 22.0 Å². The number of sulfonamides is 1. The topological polar surface area (TPSA) is 66.4 Å². The van der Waals surface area contributed by atoms with Gasteiger partial charge in [-0.2, -0.15) is 0 Å². The number of hydrogen-bond donors (Lipinski definition) is 2. The summed E-state index contributed by atoms with van der Waals surface area (Å²) in [5.41, 5.74) is 0.478. The summed E-state index contributed by atoms with van der Waals surface area (Å²) in [7, 11) is -3.79. The molecule has 0 amide bonds. The van der Waals surface area contributed by atoms with Gasteiger partial charge in [-0.05, 0) is 36.8 Å². The Kier molecular flexibility index (Phi) is 5.29. The van der Waals surface area contributed by atoms with Gasteiger partial charge >= 0.3 is 0 Å². The van der Waals surface area contributed by atoms with Crippen molar-refractivity contribution >= 4 is 44.6 Å². The Morgan fingerprint density at radius 1 is 1.29 bits per heavy atom. The highest BCUT2D eigenvalue weighted by Gasteiger charge is 2.22. The molecule has 1 heterocycles. The molecular weight excluding hydrogens is 353 g/mol. The smallest absolute Gasteiger partial charge is 0.242 e. The van der Waals surface area contributed by atoms with Crippen LogP contribution in [0.4, 0.5) is 0 Å². The Morgan fingerprint density at radius 2 is 2.00 bits per heavy atom. The lowest BCUT2D eigenvalue weighted by Crippen LogP contribution is -2.26. The predicted octanol–water partition coefficient (Wildman–Crippen LogP) is 3.59. The van der Waals surface area contributed by atoms with Gasteiger partial charge in [0.25, 0.3) is 0 Å². The molecule has 1 aromatic carbocycles. The molecule has 2 rings (SSSR count). The van der Waals surface area contributed by atoms with Crippen LogP contribution in [0.1, 0.15) is 23.4 Å². The quantitative estimate of drug-likeness (QED) is 0.850. The molecule has 0 bridgehead atoms. The molecule has 8 heteroatoms. The number of thiophene rings is 1. The fourth-order valence-electron chi connectivity index (χ4n) is 1.77. The maximum Gasteiger partial charge on any atom is 0.242 e. The third-order valence-electron chi connectivity index (χ3n) is 2.82. The van der Waals surface area contributed by atoms with Crippen molar-refractivity contribution in [2.24, 2.45) is 0 Å². The van der Waals surface area contributed by atoms with E-state index < -0.39 is 16.1 Å². The molecule has 4 nitrogen and oxygen atoms in total. The van der Waals surface area contributed by atoms with E-state index in [1.807, 2.05) is 0 Å². The van der Waals surface area contributed by atoms with Crippen LogP contribution in [-0.2, 0) is 16.6 Å². The molecule has 0 aliphatic carbocycles. The molecule has 0 aliphatic rings. The molecule has 114 valence electrons. The van der Waals surface area contributed by atoms with Crippen molar-refractivity contribution in [2.75, 3.05) is 0 Å². The lowest BCUT2D eigenvalue weighted by Gasteiger charge is -2.14. The molecule has 2 aromatic rings. The van der Waals surface area contributed by atoms with Gasteiger partial charge in [0.2, 0.25) is 10.0 Å². The molecule has 0 spiro atoms. The lowest BCUT2D eigenvalue weighted by atomic mass is 10.2. The summed E-state index contributed by atoms with van der Waals surface area (Å²) in [4.78, 5) is 0.753. The van der Waals surface area contributed by atoms with Gasteiger partial charge < -0.3 is 5.11 Å². The van der Waals surface area contributed by atoms with E-state index in [4.69, 9.17) is 28.3 Å². The van der Waals surface area contributed by atoms with E-state index in [0.717, 1.165) is 4.88 Å². The van der Waals surface area contributed by atoms with Crippen LogP contribution < -0.4 is 4.72 Å². The van der Waals surface area contributed by atoms with Crippen LogP contribution in [0.3, 0.4) is 0 Å². The zero-order chi connectivity index (χ0) is 15.6. The van der Waals surface area contributed by atoms with E-state index in [0.29, 0.717) is 9.90 Å². The number of benzene rings is 1. The maximum absolute atomic E-state index is 12.4. The van der Waals surface area contributed by atoms with Gasteiger partial charge in [0, 0.05) is 4.88 Å². The standard InChI is InChI=1S/C13H13Cl2NO3S2/c1-8(11-4-5-13(15)20-11)16-21(18,19)12-6-9(7-17)2-3-10(12)14/h2-6,8,16-17H,7H2,1H3. The van der Waals surface area contributed by atoms with Gasteiger partial charge in [0.15, 0.2) is 0 Å². The maximum atomic E-state index is 12.4. The minimum Gasteiger partial charge on any atom is -0.392 e. The zero-order valence-electron chi connectivity index (χ0n) is 11.0. The van der Waals surface area contributed by atoms with Crippen molar-refractivity contribution in [3.05, 3.63) is 50.1 Å². The Balaban J connectivity index is 2.30. The van der Waals surface area contributed by atoms with E-state index >= 15 is 0 Å². The average molecular weight is 366 g/mol. The third kappa shape index (κ3) is 3.97. The summed E-state index contributed by atoms with van der Waals surface area (Å²) >= 11 is 13.1. The van der Waals surface area contributed by atoms with Crippen LogP contribution in [0.15, 0.2) is 35.2 Å². The fourth-order valence-corrected chi connectivity index (χ4v) is 4.68. The molecule has 1 unspecified atom stereocenters. The molecule has 21 heavy (non-hydrogen) atoms. The molecule has 0 aliphatic heterocycles. The van der Waals surface area contributed by atoms with E-state index in [1.165, 1.54) is 23.5 Å². The summed E-state index contributed by atoms with van der Waals surface area (Å²) in [6, 6.07) is 7.44. The minimum atomic E-state index is -3.79. The SMILES string of the molecule is CC(NS(=O)(=O)c1cc(CO)ccc1Cl)c1ccc(Cl)s1. The van der Waals surface area contributed by atoms with E-state index in [9.17, 15) is 8.42 Å². The first-order valence-corrected chi connectivity index (χ1v) is 9.06. The van der Waals surface area contributed by atoms with Crippen molar-refractivity contribution in [3.63, 3.8) is 0 Å². The molecule has 0 radical (unpaired) electrons. The van der Waals surface area contributed by atoms with Crippen LogP contribution >= 0.6 is 34.5 Å². The molecule has 2 N–H and O–H groups in total.